The van der Waals surface area contributed by atoms with Crippen molar-refractivity contribution in [1.29, 1.82) is 0 Å². The number of rotatable bonds is 5. The Morgan fingerprint density at radius 2 is 2.35 bits per heavy atom. The number of aryl methyl sites for hydroxylation is 2. The first-order valence-electron chi connectivity index (χ1n) is 7.97. The lowest BCUT2D eigenvalue weighted by molar-refractivity contribution is -0.0269. The van der Waals surface area contributed by atoms with Gasteiger partial charge in [0.05, 0.1) is 13.2 Å². The summed E-state index contributed by atoms with van der Waals surface area (Å²) >= 11 is 0. The Bertz CT molecular complexity index is 666. The van der Waals surface area contributed by atoms with Crippen LogP contribution in [0.1, 0.15) is 54.3 Å². The predicted octanol–water partition coefficient (Wildman–Crippen LogP) is 1.52. The van der Waals surface area contributed by atoms with E-state index in [-0.39, 0.29) is 12.0 Å². The zero-order chi connectivity index (χ0) is 16.2. The topological polar surface area (TPSA) is 97.1 Å². The van der Waals surface area contributed by atoms with Gasteiger partial charge < -0.3 is 14.1 Å². The highest BCUT2D eigenvalue weighted by atomic mass is 16.5. The van der Waals surface area contributed by atoms with Crippen LogP contribution in [0.4, 0.5) is 0 Å². The first kappa shape index (κ1) is 15.7. The standard InChI is InChI=1S/C15H21N5O3/c1-3-5-12-17-14(19-18-12)11-8-20(6-7-22-11)15(21)13-10(4-2)23-9-16-13/h9,11H,3-8H2,1-2H3,(H,17,18,19)/t11-/m0/s1. The Balaban J connectivity index is 1.71. The van der Waals surface area contributed by atoms with Crippen LogP contribution in [0.25, 0.3) is 0 Å². The van der Waals surface area contributed by atoms with E-state index in [9.17, 15) is 4.79 Å². The summed E-state index contributed by atoms with van der Waals surface area (Å²) in [7, 11) is 0. The number of aromatic nitrogens is 4. The van der Waals surface area contributed by atoms with Gasteiger partial charge in [0.25, 0.3) is 5.91 Å². The van der Waals surface area contributed by atoms with Crippen molar-refractivity contribution in [2.75, 3.05) is 19.7 Å². The number of hydrogen-bond acceptors (Lipinski definition) is 6. The lowest BCUT2D eigenvalue weighted by Crippen LogP contribution is -2.43. The van der Waals surface area contributed by atoms with Gasteiger partial charge in [0.1, 0.15) is 17.7 Å². The molecule has 0 spiro atoms. The number of aromatic amines is 1. The van der Waals surface area contributed by atoms with Crippen molar-refractivity contribution in [2.24, 2.45) is 0 Å². The molecule has 2 aromatic rings. The molecule has 1 fully saturated rings. The minimum atomic E-state index is -0.313. The second-order valence-corrected chi connectivity index (χ2v) is 5.48. The molecule has 0 bridgehead atoms. The number of nitrogens with zero attached hydrogens (tertiary/aromatic N) is 4. The summed E-state index contributed by atoms with van der Waals surface area (Å²) in [5.41, 5.74) is 0.384. The van der Waals surface area contributed by atoms with Gasteiger partial charge in [0, 0.05) is 19.4 Å². The molecular formula is C15H21N5O3. The van der Waals surface area contributed by atoms with E-state index in [0.717, 1.165) is 18.7 Å². The normalized spacial score (nSPS) is 18.3. The molecule has 3 heterocycles. The van der Waals surface area contributed by atoms with E-state index in [4.69, 9.17) is 9.15 Å². The average molecular weight is 319 g/mol. The van der Waals surface area contributed by atoms with Crippen LogP contribution in [0.2, 0.25) is 0 Å². The second-order valence-electron chi connectivity index (χ2n) is 5.48. The van der Waals surface area contributed by atoms with E-state index in [2.05, 4.69) is 27.1 Å². The zero-order valence-electron chi connectivity index (χ0n) is 13.4. The van der Waals surface area contributed by atoms with E-state index in [1.807, 2.05) is 6.92 Å². The molecule has 0 aromatic carbocycles. The van der Waals surface area contributed by atoms with Crippen LogP contribution in [0, 0.1) is 0 Å². The van der Waals surface area contributed by atoms with Gasteiger partial charge in [-0.15, -0.1) is 0 Å². The highest BCUT2D eigenvalue weighted by Crippen LogP contribution is 2.21. The maximum atomic E-state index is 12.6. The smallest absolute Gasteiger partial charge is 0.276 e. The number of ether oxygens (including phenoxy) is 1. The van der Waals surface area contributed by atoms with Gasteiger partial charge in [-0.1, -0.05) is 13.8 Å². The third-order valence-electron chi connectivity index (χ3n) is 3.84. The van der Waals surface area contributed by atoms with Gasteiger partial charge in [0.2, 0.25) is 0 Å². The molecule has 3 rings (SSSR count). The Labute approximate surface area is 134 Å². The van der Waals surface area contributed by atoms with Crippen LogP contribution >= 0.6 is 0 Å². The van der Waals surface area contributed by atoms with Crippen molar-refractivity contribution in [3.63, 3.8) is 0 Å². The Morgan fingerprint density at radius 3 is 3.13 bits per heavy atom. The summed E-state index contributed by atoms with van der Waals surface area (Å²) in [5, 5.41) is 7.14. The summed E-state index contributed by atoms with van der Waals surface area (Å²) < 4.78 is 11.0. The fourth-order valence-corrected chi connectivity index (χ4v) is 2.64. The maximum Gasteiger partial charge on any atom is 0.276 e. The lowest BCUT2D eigenvalue weighted by Gasteiger charge is -2.31. The van der Waals surface area contributed by atoms with Crippen molar-refractivity contribution in [3.05, 3.63) is 29.5 Å². The molecule has 2 aromatic heterocycles. The number of morpholine rings is 1. The molecule has 0 unspecified atom stereocenters. The second kappa shape index (κ2) is 6.91. The molecule has 1 saturated heterocycles. The van der Waals surface area contributed by atoms with E-state index in [0.29, 0.717) is 43.4 Å². The quantitative estimate of drug-likeness (QED) is 0.897. The first-order chi connectivity index (χ1) is 11.2. The lowest BCUT2D eigenvalue weighted by atomic mass is 10.2. The minimum Gasteiger partial charge on any atom is -0.448 e. The number of oxazole rings is 1. The van der Waals surface area contributed by atoms with Crippen LogP contribution in [0.3, 0.4) is 0 Å². The van der Waals surface area contributed by atoms with Gasteiger partial charge in [-0.3, -0.25) is 9.89 Å². The largest absolute Gasteiger partial charge is 0.448 e. The molecule has 1 N–H and O–H groups in total. The van der Waals surface area contributed by atoms with Crippen LogP contribution in [-0.2, 0) is 17.6 Å². The predicted molar refractivity (Wildman–Crippen MR) is 80.9 cm³/mol. The van der Waals surface area contributed by atoms with Crippen molar-refractivity contribution in [2.45, 2.75) is 39.2 Å². The summed E-state index contributed by atoms with van der Waals surface area (Å²) in [4.78, 5) is 22.9. The first-order valence-corrected chi connectivity index (χ1v) is 7.97. The van der Waals surface area contributed by atoms with Gasteiger partial charge in [-0.05, 0) is 6.42 Å². The number of amides is 1. The molecule has 8 heteroatoms. The summed E-state index contributed by atoms with van der Waals surface area (Å²) in [6, 6.07) is 0. The molecule has 124 valence electrons. The van der Waals surface area contributed by atoms with Crippen LogP contribution < -0.4 is 0 Å². The fraction of sp³-hybridized carbons (Fsp3) is 0.600. The molecule has 23 heavy (non-hydrogen) atoms. The molecule has 1 aliphatic heterocycles. The van der Waals surface area contributed by atoms with Gasteiger partial charge in [-0.25, -0.2) is 9.97 Å². The highest BCUT2D eigenvalue weighted by Gasteiger charge is 2.30. The van der Waals surface area contributed by atoms with Crippen LogP contribution in [0.15, 0.2) is 10.8 Å². The third-order valence-corrected chi connectivity index (χ3v) is 3.84. The summed E-state index contributed by atoms with van der Waals surface area (Å²) in [6.07, 6.45) is 3.48. The molecule has 0 aliphatic carbocycles. The van der Waals surface area contributed by atoms with Gasteiger partial charge >= 0.3 is 0 Å². The minimum absolute atomic E-state index is 0.131. The molecule has 1 atom stereocenters. The molecule has 8 nitrogen and oxygen atoms in total. The molecule has 0 saturated carbocycles. The Kier molecular flexibility index (Phi) is 4.71. The van der Waals surface area contributed by atoms with Crippen molar-refractivity contribution < 1.29 is 13.9 Å². The van der Waals surface area contributed by atoms with E-state index in [1.54, 1.807) is 4.90 Å². The Hall–Kier alpha value is -2.22. The van der Waals surface area contributed by atoms with Crippen molar-refractivity contribution in [3.8, 4) is 0 Å². The number of H-pyrrole nitrogens is 1. The number of hydrogen-bond donors (Lipinski definition) is 1. The molecular weight excluding hydrogens is 298 g/mol. The van der Waals surface area contributed by atoms with E-state index in [1.165, 1.54) is 6.39 Å². The van der Waals surface area contributed by atoms with Crippen molar-refractivity contribution in [1.82, 2.24) is 25.1 Å². The van der Waals surface area contributed by atoms with E-state index >= 15 is 0 Å². The Morgan fingerprint density at radius 1 is 1.48 bits per heavy atom. The summed E-state index contributed by atoms with van der Waals surface area (Å²) in [6.45, 7) is 5.41. The van der Waals surface area contributed by atoms with E-state index < -0.39 is 0 Å². The van der Waals surface area contributed by atoms with Gasteiger partial charge in [0.15, 0.2) is 17.9 Å². The molecule has 1 amide bonds. The SMILES string of the molecule is CCCc1nc([C@@H]2CN(C(=O)c3ncoc3CC)CCO2)n[nH]1. The number of carbonyl (C=O) groups excluding carboxylic acids is 1. The molecule has 1 aliphatic rings. The maximum absolute atomic E-state index is 12.6. The van der Waals surface area contributed by atoms with Gasteiger partial charge in [-0.2, -0.15) is 5.10 Å². The average Bonchev–Trinajstić information content (AvgIpc) is 3.23. The zero-order valence-corrected chi connectivity index (χ0v) is 13.4. The fourth-order valence-electron chi connectivity index (χ4n) is 2.64. The summed E-state index contributed by atoms with van der Waals surface area (Å²) in [5.74, 6) is 1.93. The monoisotopic (exact) mass is 319 g/mol. The third kappa shape index (κ3) is 3.26. The van der Waals surface area contributed by atoms with Crippen LogP contribution in [0.5, 0.6) is 0 Å². The number of nitrogens with one attached hydrogen (secondary N) is 1. The molecule has 0 radical (unpaired) electrons. The number of carbonyl (C=O) groups is 1. The van der Waals surface area contributed by atoms with Crippen molar-refractivity contribution >= 4 is 5.91 Å². The highest BCUT2D eigenvalue weighted by molar-refractivity contribution is 5.93. The van der Waals surface area contributed by atoms with Crippen LogP contribution in [-0.4, -0.2) is 50.7 Å².